The average Bonchev–Trinajstić information content (AvgIpc) is 2.70. The molecule has 0 saturated heterocycles. The summed E-state index contributed by atoms with van der Waals surface area (Å²) in [7, 11) is 0. The van der Waals surface area contributed by atoms with E-state index >= 15 is 0 Å². The minimum Gasteiger partial charge on any atom is -0.480 e. The number of primary amides is 2. The first-order valence-corrected chi connectivity index (χ1v) is 9.81. The highest BCUT2D eigenvalue weighted by Crippen LogP contribution is 2.01. The molecule has 16 heteroatoms. The molecule has 0 rings (SSSR count). The number of guanidine groups is 1. The van der Waals surface area contributed by atoms with E-state index in [2.05, 4.69) is 20.9 Å². The Morgan fingerprint density at radius 1 is 0.848 bits per heavy atom. The Morgan fingerprint density at radius 3 is 2.00 bits per heavy atom. The van der Waals surface area contributed by atoms with Gasteiger partial charge in [0.2, 0.25) is 29.5 Å². The number of nitrogens with two attached hydrogens (primary N) is 5. The number of nitrogens with one attached hydrogen (secondary N) is 3. The van der Waals surface area contributed by atoms with Gasteiger partial charge in [0, 0.05) is 13.0 Å². The monoisotopic (exact) mass is 473 g/mol. The zero-order chi connectivity index (χ0) is 25.6. The molecule has 16 nitrogen and oxygen atoms in total. The van der Waals surface area contributed by atoms with Crippen molar-refractivity contribution in [2.75, 3.05) is 13.1 Å². The number of hydrogen-bond acceptors (Lipinski definition) is 8. The molecular formula is C17H31N9O7. The molecule has 186 valence electrons. The van der Waals surface area contributed by atoms with Crippen molar-refractivity contribution in [1.29, 1.82) is 0 Å². The third-order valence-corrected chi connectivity index (χ3v) is 4.08. The lowest BCUT2D eigenvalue weighted by Crippen LogP contribution is -2.54. The highest BCUT2D eigenvalue weighted by atomic mass is 16.4. The number of carbonyl (C=O) groups excluding carboxylic acids is 5. The lowest BCUT2D eigenvalue weighted by molar-refractivity contribution is -0.143. The van der Waals surface area contributed by atoms with Crippen LogP contribution in [0.4, 0.5) is 0 Å². The van der Waals surface area contributed by atoms with Crippen LogP contribution in [0.5, 0.6) is 0 Å². The molecule has 0 aliphatic heterocycles. The Morgan fingerprint density at radius 2 is 1.48 bits per heavy atom. The van der Waals surface area contributed by atoms with Gasteiger partial charge in [0.25, 0.3) is 0 Å². The third-order valence-electron chi connectivity index (χ3n) is 4.08. The summed E-state index contributed by atoms with van der Waals surface area (Å²) in [5.41, 5.74) is 26.1. The molecule has 0 aromatic rings. The fraction of sp³-hybridized carbons (Fsp3) is 0.588. The highest BCUT2D eigenvalue weighted by Gasteiger charge is 2.28. The van der Waals surface area contributed by atoms with E-state index in [1.807, 2.05) is 0 Å². The maximum Gasteiger partial charge on any atom is 0.326 e. The van der Waals surface area contributed by atoms with E-state index < -0.39 is 66.6 Å². The Balaban J connectivity index is 4.87. The van der Waals surface area contributed by atoms with Crippen LogP contribution in [0.25, 0.3) is 0 Å². The highest BCUT2D eigenvalue weighted by molar-refractivity contribution is 5.94. The number of aliphatic carboxylic acids is 1. The number of carboxylic acid groups (broad SMARTS) is 1. The average molecular weight is 473 g/mol. The fourth-order valence-electron chi connectivity index (χ4n) is 2.42. The van der Waals surface area contributed by atoms with Crippen LogP contribution in [0.15, 0.2) is 4.99 Å². The molecule has 0 radical (unpaired) electrons. The second kappa shape index (κ2) is 15.0. The first kappa shape index (κ1) is 29.0. The predicted octanol–water partition coefficient (Wildman–Crippen LogP) is -5.32. The largest absolute Gasteiger partial charge is 0.480 e. The van der Waals surface area contributed by atoms with Gasteiger partial charge < -0.3 is 49.7 Å². The molecule has 0 aliphatic carbocycles. The smallest absolute Gasteiger partial charge is 0.326 e. The first-order valence-electron chi connectivity index (χ1n) is 9.81. The molecule has 3 unspecified atom stereocenters. The molecule has 0 heterocycles. The third kappa shape index (κ3) is 13.9. The van der Waals surface area contributed by atoms with Crippen LogP contribution < -0.4 is 44.6 Å². The summed E-state index contributed by atoms with van der Waals surface area (Å²) in [6.07, 6.45) is -0.587. The minimum atomic E-state index is -1.64. The predicted molar refractivity (Wildman–Crippen MR) is 115 cm³/mol. The van der Waals surface area contributed by atoms with E-state index in [1.54, 1.807) is 0 Å². The van der Waals surface area contributed by atoms with Crippen molar-refractivity contribution in [2.24, 2.45) is 33.7 Å². The summed E-state index contributed by atoms with van der Waals surface area (Å²) in [5.74, 6) is -5.80. The van der Waals surface area contributed by atoms with E-state index in [-0.39, 0.29) is 31.8 Å². The van der Waals surface area contributed by atoms with Gasteiger partial charge in [-0.05, 0) is 19.3 Å². The summed E-state index contributed by atoms with van der Waals surface area (Å²) in [4.78, 5) is 73.5. The summed E-state index contributed by atoms with van der Waals surface area (Å²) < 4.78 is 0. The van der Waals surface area contributed by atoms with Crippen LogP contribution in [0.3, 0.4) is 0 Å². The standard InChI is InChI=1S/C17H31N9O7/c18-8(2-1-5-23-17(21)22)14(30)24-7-13(29)25-9(3-4-11(19)27)15(31)26-10(16(32)33)6-12(20)28/h8-10H,1-7,18H2,(H2,19,27)(H2,20,28)(H,24,30)(H,25,29)(H,26,31)(H,32,33)(H4,21,22,23). The van der Waals surface area contributed by atoms with Crippen molar-refractivity contribution in [2.45, 2.75) is 50.2 Å². The summed E-state index contributed by atoms with van der Waals surface area (Å²) in [5, 5.41) is 15.7. The van der Waals surface area contributed by atoms with Crippen molar-refractivity contribution in [3.05, 3.63) is 0 Å². The number of rotatable bonds is 16. The number of carboxylic acids is 1. The van der Waals surface area contributed by atoms with Gasteiger partial charge in [-0.2, -0.15) is 0 Å². The van der Waals surface area contributed by atoms with Gasteiger partial charge in [0.1, 0.15) is 12.1 Å². The van der Waals surface area contributed by atoms with Crippen molar-refractivity contribution in [3.8, 4) is 0 Å². The van der Waals surface area contributed by atoms with Crippen molar-refractivity contribution >= 4 is 41.5 Å². The number of amides is 5. The Bertz CT molecular complexity index is 768. The molecule has 0 spiro atoms. The molecule has 0 aromatic carbocycles. The fourth-order valence-corrected chi connectivity index (χ4v) is 2.42. The van der Waals surface area contributed by atoms with Crippen molar-refractivity contribution in [3.63, 3.8) is 0 Å². The zero-order valence-electron chi connectivity index (χ0n) is 17.9. The second-order valence-corrected chi connectivity index (χ2v) is 6.97. The quantitative estimate of drug-likeness (QED) is 0.0582. The summed E-state index contributed by atoms with van der Waals surface area (Å²) in [6, 6.07) is -3.95. The summed E-state index contributed by atoms with van der Waals surface area (Å²) in [6.45, 7) is -0.280. The van der Waals surface area contributed by atoms with Gasteiger partial charge in [-0.3, -0.25) is 29.0 Å². The Hall–Kier alpha value is -3.95. The molecule has 14 N–H and O–H groups in total. The molecule has 0 aliphatic rings. The zero-order valence-corrected chi connectivity index (χ0v) is 17.9. The lowest BCUT2D eigenvalue weighted by Gasteiger charge is -2.21. The molecule has 0 saturated carbocycles. The minimum absolute atomic E-state index is 0.0936. The van der Waals surface area contributed by atoms with Crippen molar-refractivity contribution < 1.29 is 33.9 Å². The maximum atomic E-state index is 12.4. The van der Waals surface area contributed by atoms with E-state index in [4.69, 9.17) is 33.8 Å². The van der Waals surface area contributed by atoms with Crippen LogP contribution in [-0.4, -0.2) is 77.8 Å². The van der Waals surface area contributed by atoms with E-state index in [1.165, 1.54) is 0 Å². The maximum absolute atomic E-state index is 12.4. The SMILES string of the molecule is NC(=O)CCC(NC(=O)CNC(=O)C(N)CCCN=C(N)N)C(=O)NC(CC(N)=O)C(=O)O. The normalized spacial score (nSPS) is 13.0. The molecule has 0 bridgehead atoms. The van der Waals surface area contributed by atoms with Crippen molar-refractivity contribution in [1.82, 2.24) is 16.0 Å². The number of carbonyl (C=O) groups is 6. The van der Waals surface area contributed by atoms with Gasteiger partial charge in [0.15, 0.2) is 5.96 Å². The first-order chi connectivity index (χ1) is 15.3. The Kier molecular flexibility index (Phi) is 13.2. The van der Waals surface area contributed by atoms with Crippen LogP contribution in [0.2, 0.25) is 0 Å². The van der Waals surface area contributed by atoms with Gasteiger partial charge in [-0.25, -0.2) is 4.79 Å². The molecular weight excluding hydrogens is 442 g/mol. The van der Waals surface area contributed by atoms with Gasteiger partial charge >= 0.3 is 5.97 Å². The van der Waals surface area contributed by atoms with Gasteiger partial charge in [0.05, 0.1) is 19.0 Å². The van der Waals surface area contributed by atoms with Gasteiger partial charge in [-0.15, -0.1) is 0 Å². The molecule has 3 atom stereocenters. The number of aliphatic imine (C=N–C) groups is 1. The Labute approximate surface area is 189 Å². The van der Waals surface area contributed by atoms with Crippen LogP contribution in [0.1, 0.15) is 32.1 Å². The van der Waals surface area contributed by atoms with E-state index in [0.29, 0.717) is 6.42 Å². The number of nitrogens with zero attached hydrogens (tertiary/aromatic N) is 1. The molecule has 5 amide bonds. The van der Waals surface area contributed by atoms with Crippen LogP contribution in [-0.2, 0) is 28.8 Å². The lowest BCUT2D eigenvalue weighted by atomic mass is 10.1. The van der Waals surface area contributed by atoms with E-state index in [9.17, 15) is 28.8 Å². The second-order valence-electron chi connectivity index (χ2n) is 6.97. The van der Waals surface area contributed by atoms with Crippen LogP contribution >= 0.6 is 0 Å². The van der Waals surface area contributed by atoms with Crippen LogP contribution in [0, 0.1) is 0 Å². The molecule has 33 heavy (non-hydrogen) atoms. The topological polar surface area (TPSA) is 301 Å². The number of hydrogen-bond donors (Lipinski definition) is 9. The molecule has 0 aromatic heterocycles. The van der Waals surface area contributed by atoms with E-state index in [0.717, 1.165) is 0 Å². The summed E-state index contributed by atoms with van der Waals surface area (Å²) >= 11 is 0. The van der Waals surface area contributed by atoms with Gasteiger partial charge in [-0.1, -0.05) is 0 Å². The molecule has 0 fully saturated rings.